The van der Waals surface area contributed by atoms with Crippen LogP contribution in [0.4, 0.5) is 0 Å². The Bertz CT molecular complexity index is 610. The lowest BCUT2D eigenvalue weighted by Gasteiger charge is -2.11. The number of nitrogens with one attached hydrogen (secondary N) is 2. The van der Waals surface area contributed by atoms with Gasteiger partial charge in [0, 0.05) is 12.0 Å². The fourth-order valence-corrected chi connectivity index (χ4v) is 2.81. The molecule has 2 rings (SSSR count). The van der Waals surface area contributed by atoms with E-state index in [0.29, 0.717) is 13.2 Å². The first-order valence-electron chi connectivity index (χ1n) is 7.11. The summed E-state index contributed by atoms with van der Waals surface area (Å²) in [4.78, 5) is 13.2. The minimum atomic E-state index is -0.149. The van der Waals surface area contributed by atoms with Crippen LogP contribution in [0.1, 0.15) is 23.9 Å². The van der Waals surface area contributed by atoms with E-state index in [0.717, 1.165) is 16.3 Å². The van der Waals surface area contributed by atoms with Gasteiger partial charge in [0.1, 0.15) is 0 Å². The van der Waals surface area contributed by atoms with E-state index in [1.165, 1.54) is 5.56 Å². The quantitative estimate of drug-likeness (QED) is 0.770. The fraction of sp³-hybridized carbons (Fsp3) is 0.375. The van der Waals surface area contributed by atoms with Crippen LogP contribution in [0.3, 0.4) is 0 Å². The summed E-state index contributed by atoms with van der Waals surface area (Å²) >= 11 is 1.55. The number of ether oxygens (including phenoxy) is 1. The summed E-state index contributed by atoms with van der Waals surface area (Å²) in [6.07, 6.45) is 0. The van der Waals surface area contributed by atoms with E-state index in [2.05, 4.69) is 27.6 Å². The molecule has 6 heteroatoms. The SMILES string of the molecule is COCc1cc(CNC(=O)C(C)Sc2ccc(C)cc2)[nH]n1. The molecule has 0 saturated carbocycles. The Kier molecular flexibility index (Phi) is 6.03. The van der Waals surface area contributed by atoms with Crippen LogP contribution in [0.2, 0.25) is 0 Å². The Labute approximate surface area is 134 Å². The van der Waals surface area contributed by atoms with Crippen LogP contribution in [0.15, 0.2) is 35.2 Å². The summed E-state index contributed by atoms with van der Waals surface area (Å²) in [5, 5.41) is 9.75. The van der Waals surface area contributed by atoms with E-state index in [4.69, 9.17) is 4.74 Å². The predicted molar refractivity (Wildman–Crippen MR) is 87.6 cm³/mol. The number of nitrogens with zero attached hydrogens (tertiary/aromatic N) is 1. The van der Waals surface area contributed by atoms with Crippen LogP contribution in [0.25, 0.3) is 0 Å². The molecule has 1 amide bonds. The number of carbonyl (C=O) groups is 1. The number of carbonyl (C=O) groups excluding carboxylic acids is 1. The first kappa shape index (κ1) is 16.6. The van der Waals surface area contributed by atoms with Gasteiger partial charge in [0.05, 0.1) is 29.8 Å². The summed E-state index contributed by atoms with van der Waals surface area (Å²) < 4.78 is 5.01. The summed E-state index contributed by atoms with van der Waals surface area (Å²) in [6, 6.07) is 10.1. The lowest BCUT2D eigenvalue weighted by atomic mass is 10.2. The molecule has 0 spiro atoms. The highest BCUT2D eigenvalue weighted by atomic mass is 32.2. The third kappa shape index (κ3) is 4.89. The van der Waals surface area contributed by atoms with Crippen LogP contribution < -0.4 is 5.32 Å². The number of benzene rings is 1. The van der Waals surface area contributed by atoms with Crippen molar-refractivity contribution in [1.82, 2.24) is 15.5 Å². The first-order valence-corrected chi connectivity index (χ1v) is 7.99. The van der Waals surface area contributed by atoms with E-state index in [1.54, 1.807) is 18.9 Å². The van der Waals surface area contributed by atoms with Crippen molar-refractivity contribution < 1.29 is 9.53 Å². The zero-order valence-corrected chi connectivity index (χ0v) is 13.9. The van der Waals surface area contributed by atoms with E-state index < -0.39 is 0 Å². The smallest absolute Gasteiger partial charge is 0.233 e. The number of H-pyrrole nitrogens is 1. The van der Waals surface area contributed by atoms with Crippen molar-refractivity contribution in [1.29, 1.82) is 0 Å². The molecule has 0 fully saturated rings. The molecule has 0 aliphatic heterocycles. The second-order valence-corrected chi connectivity index (χ2v) is 6.52. The second-order valence-electron chi connectivity index (χ2n) is 5.11. The minimum absolute atomic E-state index is 0.00784. The fourth-order valence-electron chi connectivity index (χ4n) is 1.92. The zero-order chi connectivity index (χ0) is 15.9. The molecular weight excluding hydrogens is 298 g/mol. The number of hydrogen-bond acceptors (Lipinski definition) is 4. The third-order valence-corrected chi connectivity index (χ3v) is 4.24. The third-order valence-electron chi connectivity index (χ3n) is 3.13. The maximum absolute atomic E-state index is 12.1. The van der Waals surface area contributed by atoms with Crippen LogP contribution in [-0.2, 0) is 22.7 Å². The lowest BCUT2D eigenvalue weighted by Crippen LogP contribution is -2.30. The van der Waals surface area contributed by atoms with Gasteiger partial charge in [-0.15, -0.1) is 11.8 Å². The molecule has 5 nitrogen and oxygen atoms in total. The van der Waals surface area contributed by atoms with Crippen molar-refractivity contribution in [2.75, 3.05) is 7.11 Å². The predicted octanol–water partition coefficient (Wildman–Crippen LogP) is 2.66. The molecule has 1 aromatic heterocycles. The van der Waals surface area contributed by atoms with Crippen molar-refractivity contribution in [2.45, 2.75) is 37.1 Å². The zero-order valence-electron chi connectivity index (χ0n) is 13.1. The summed E-state index contributed by atoms with van der Waals surface area (Å²) in [7, 11) is 1.63. The number of amides is 1. The molecule has 2 aromatic rings. The van der Waals surface area contributed by atoms with Gasteiger partial charge in [-0.2, -0.15) is 5.10 Å². The Morgan fingerprint density at radius 3 is 2.82 bits per heavy atom. The molecule has 0 saturated heterocycles. The topological polar surface area (TPSA) is 67.0 Å². The molecule has 1 aromatic carbocycles. The normalized spacial score (nSPS) is 12.1. The van der Waals surface area contributed by atoms with Gasteiger partial charge < -0.3 is 10.1 Å². The first-order chi connectivity index (χ1) is 10.6. The highest BCUT2D eigenvalue weighted by Crippen LogP contribution is 2.23. The van der Waals surface area contributed by atoms with Crippen molar-refractivity contribution in [3.8, 4) is 0 Å². The Morgan fingerprint density at radius 1 is 1.41 bits per heavy atom. The van der Waals surface area contributed by atoms with Gasteiger partial charge in [-0.1, -0.05) is 17.7 Å². The summed E-state index contributed by atoms with van der Waals surface area (Å²) in [5.74, 6) is 0.00784. The maximum Gasteiger partial charge on any atom is 0.233 e. The van der Waals surface area contributed by atoms with E-state index in [1.807, 2.05) is 32.0 Å². The van der Waals surface area contributed by atoms with Crippen molar-refractivity contribution in [3.05, 3.63) is 47.3 Å². The van der Waals surface area contributed by atoms with E-state index >= 15 is 0 Å². The number of aryl methyl sites for hydroxylation is 1. The summed E-state index contributed by atoms with van der Waals surface area (Å²) in [5.41, 5.74) is 2.91. The van der Waals surface area contributed by atoms with Gasteiger partial charge in [0.25, 0.3) is 0 Å². The van der Waals surface area contributed by atoms with Crippen molar-refractivity contribution in [3.63, 3.8) is 0 Å². The highest BCUT2D eigenvalue weighted by Gasteiger charge is 2.14. The monoisotopic (exact) mass is 319 g/mol. The number of methoxy groups -OCH3 is 1. The molecule has 22 heavy (non-hydrogen) atoms. The maximum atomic E-state index is 12.1. The molecule has 1 unspecified atom stereocenters. The lowest BCUT2D eigenvalue weighted by molar-refractivity contribution is -0.120. The van der Waals surface area contributed by atoms with E-state index in [9.17, 15) is 4.79 Å². The van der Waals surface area contributed by atoms with Gasteiger partial charge in [-0.25, -0.2) is 0 Å². The van der Waals surface area contributed by atoms with Crippen LogP contribution in [0, 0.1) is 6.92 Å². The molecule has 0 bridgehead atoms. The minimum Gasteiger partial charge on any atom is -0.378 e. The molecule has 0 aliphatic rings. The molecule has 0 aliphatic carbocycles. The average Bonchev–Trinajstić information content (AvgIpc) is 2.95. The molecular formula is C16H21N3O2S. The van der Waals surface area contributed by atoms with Gasteiger partial charge in [0.15, 0.2) is 0 Å². The van der Waals surface area contributed by atoms with Gasteiger partial charge in [0.2, 0.25) is 5.91 Å². The molecule has 1 heterocycles. The number of aromatic nitrogens is 2. The Hall–Kier alpha value is -1.79. The Morgan fingerprint density at radius 2 is 2.14 bits per heavy atom. The van der Waals surface area contributed by atoms with Crippen LogP contribution >= 0.6 is 11.8 Å². The second kappa shape index (κ2) is 8.00. The van der Waals surface area contributed by atoms with Crippen LogP contribution in [0.5, 0.6) is 0 Å². The van der Waals surface area contributed by atoms with Crippen molar-refractivity contribution in [2.24, 2.45) is 0 Å². The van der Waals surface area contributed by atoms with E-state index in [-0.39, 0.29) is 11.2 Å². The Balaban J connectivity index is 1.81. The molecule has 2 N–H and O–H groups in total. The highest BCUT2D eigenvalue weighted by molar-refractivity contribution is 8.00. The largest absolute Gasteiger partial charge is 0.378 e. The van der Waals surface area contributed by atoms with Crippen LogP contribution in [-0.4, -0.2) is 28.5 Å². The molecule has 118 valence electrons. The van der Waals surface area contributed by atoms with Gasteiger partial charge >= 0.3 is 0 Å². The molecule has 0 radical (unpaired) electrons. The number of thioether (sulfide) groups is 1. The van der Waals surface area contributed by atoms with Gasteiger partial charge in [-0.05, 0) is 32.0 Å². The standard InChI is InChI=1S/C16H21N3O2S/c1-11-4-6-15(7-5-11)22-12(2)16(20)17-9-13-8-14(10-21-3)19-18-13/h4-8,12H,9-10H2,1-3H3,(H,17,20)(H,18,19). The number of aromatic amines is 1. The number of rotatable bonds is 7. The average molecular weight is 319 g/mol. The molecule has 1 atom stereocenters. The number of hydrogen-bond donors (Lipinski definition) is 2. The summed E-state index contributed by atoms with van der Waals surface area (Å²) in [6.45, 7) is 4.86. The van der Waals surface area contributed by atoms with Crippen molar-refractivity contribution >= 4 is 17.7 Å². The van der Waals surface area contributed by atoms with Gasteiger partial charge in [-0.3, -0.25) is 9.89 Å².